The second-order valence-electron chi connectivity index (χ2n) is 3.85. The van der Waals surface area contributed by atoms with E-state index in [0.29, 0.717) is 24.9 Å². The lowest BCUT2D eigenvalue weighted by Gasteiger charge is -2.14. The quantitative estimate of drug-likeness (QED) is 0.550. The summed E-state index contributed by atoms with van der Waals surface area (Å²) in [5, 5.41) is 8.74. The molecule has 2 fully saturated rings. The highest BCUT2D eigenvalue weighted by Crippen LogP contribution is 2.36. The molecular weight excluding hydrogens is 156 g/mol. The minimum atomic E-state index is -0.795. The fourth-order valence-corrected chi connectivity index (χ4v) is 2.46. The van der Waals surface area contributed by atoms with Gasteiger partial charge >= 0.3 is 6.09 Å². The van der Waals surface area contributed by atoms with E-state index >= 15 is 0 Å². The summed E-state index contributed by atoms with van der Waals surface area (Å²) >= 11 is 0. The van der Waals surface area contributed by atoms with Crippen molar-refractivity contribution in [2.45, 2.75) is 18.9 Å². The third-order valence-electron chi connectivity index (χ3n) is 3.18. The third-order valence-corrected chi connectivity index (χ3v) is 3.18. The van der Waals surface area contributed by atoms with Crippen molar-refractivity contribution in [1.82, 2.24) is 4.90 Å². The molecule has 3 atom stereocenters. The van der Waals surface area contributed by atoms with E-state index in [0.717, 1.165) is 12.8 Å². The van der Waals surface area contributed by atoms with Gasteiger partial charge in [0.2, 0.25) is 0 Å². The predicted molar refractivity (Wildman–Crippen MR) is 43.8 cm³/mol. The van der Waals surface area contributed by atoms with Crippen LogP contribution in [0.15, 0.2) is 0 Å². The van der Waals surface area contributed by atoms with Gasteiger partial charge in [-0.1, -0.05) is 0 Å². The second-order valence-corrected chi connectivity index (χ2v) is 3.85. The Morgan fingerprint density at radius 1 is 1.42 bits per heavy atom. The van der Waals surface area contributed by atoms with Crippen molar-refractivity contribution in [1.29, 1.82) is 0 Å². The van der Waals surface area contributed by atoms with Crippen LogP contribution in [0.5, 0.6) is 0 Å². The maximum atomic E-state index is 10.6. The Morgan fingerprint density at radius 2 is 2.17 bits per heavy atom. The molecule has 1 amide bonds. The van der Waals surface area contributed by atoms with Gasteiger partial charge in [-0.05, 0) is 24.7 Å². The van der Waals surface area contributed by atoms with E-state index in [1.165, 1.54) is 4.90 Å². The smallest absolute Gasteiger partial charge is 0.407 e. The molecular formula is C8H14N2O2. The molecule has 0 unspecified atom stereocenters. The standard InChI is InChI=1S/C8H14N2O2/c9-7-2-1-5-3-10(8(11)12)4-6(5)7/h5-7H,1-4,9H2,(H,11,12)/t5-,6+,7+/m0/s1. The van der Waals surface area contributed by atoms with E-state index in [-0.39, 0.29) is 6.04 Å². The lowest BCUT2D eigenvalue weighted by molar-refractivity contribution is 0.152. The molecule has 2 aliphatic rings. The minimum Gasteiger partial charge on any atom is -0.465 e. The van der Waals surface area contributed by atoms with Gasteiger partial charge in [-0.25, -0.2) is 4.79 Å². The van der Waals surface area contributed by atoms with Crippen LogP contribution in [0.4, 0.5) is 4.79 Å². The van der Waals surface area contributed by atoms with E-state index < -0.39 is 6.09 Å². The second kappa shape index (κ2) is 2.62. The van der Waals surface area contributed by atoms with Crippen LogP contribution in [0.1, 0.15) is 12.8 Å². The summed E-state index contributed by atoms with van der Waals surface area (Å²) in [6.07, 6.45) is 1.38. The summed E-state index contributed by atoms with van der Waals surface area (Å²) in [6, 6.07) is 0.236. The first-order chi connectivity index (χ1) is 5.68. The first-order valence-corrected chi connectivity index (χ1v) is 4.42. The van der Waals surface area contributed by atoms with Crippen LogP contribution in [0.2, 0.25) is 0 Å². The molecule has 0 aromatic heterocycles. The predicted octanol–water partition coefficient (Wildman–Crippen LogP) is 0.334. The summed E-state index contributed by atoms with van der Waals surface area (Å²) < 4.78 is 0. The van der Waals surface area contributed by atoms with E-state index in [1.54, 1.807) is 0 Å². The molecule has 1 aliphatic carbocycles. The Kier molecular flexibility index (Phi) is 1.72. The van der Waals surface area contributed by atoms with Crippen molar-refractivity contribution in [3.63, 3.8) is 0 Å². The van der Waals surface area contributed by atoms with Crippen molar-refractivity contribution in [2.75, 3.05) is 13.1 Å². The number of hydrogen-bond donors (Lipinski definition) is 2. The molecule has 0 radical (unpaired) electrons. The van der Waals surface area contributed by atoms with Crippen molar-refractivity contribution < 1.29 is 9.90 Å². The Hall–Kier alpha value is -0.770. The summed E-state index contributed by atoms with van der Waals surface area (Å²) in [7, 11) is 0. The molecule has 4 nitrogen and oxygen atoms in total. The van der Waals surface area contributed by atoms with Crippen LogP contribution in [0.25, 0.3) is 0 Å². The molecule has 68 valence electrons. The molecule has 0 aromatic carbocycles. The van der Waals surface area contributed by atoms with E-state index in [1.807, 2.05) is 0 Å². The summed E-state index contributed by atoms with van der Waals surface area (Å²) in [6.45, 7) is 1.36. The molecule has 1 heterocycles. The van der Waals surface area contributed by atoms with Crippen LogP contribution in [-0.2, 0) is 0 Å². The molecule has 4 heteroatoms. The highest BCUT2D eigenvalue weighted by Gasteiger charge is 2.42. The van der Waals surface area contributed by atoms with Gasteiger partial charge in [0.25, 0.3) is 0 Å². The Balaban J connectivity index is 2.03. The Bertz CT molecular complexity index is 207. The SMILES string of the molecule is N[C@@H]1CC[C@H]2CN(C(=O)O)C[C@H]21. The average Bonchev–Trinajstić information content (AvgIpc) is 2.53. The number of carbonyl (C=O) groups is 1. The van der Waals surface area contributed by atoms with Crippen molar-refractivity contribution >= 4 is 6.09 Å². The van der Waals surface area contributed by atoms with Crippen LogP contribution < -0.4 is 5.73 Å². The first kappa shape index (κ1) is 7.86. The average molecular weight is 170 g/mol. The fraction of sp³-hybridized carbons (Fsp3) is 0.875. The number of nitrogens with zero attached hydrogens (tertiary/aromatic N) is 1. The zero-order valence-electron chi connectivity index (χ0n) is 6.94. The Labute approximate surface area is 71.3 Å². The van der Waals surface area contributed by atoms with Gasteiger partial charge in [0.1, 0.15) is 0 Å². The lowest BCUT2D eigenvalue weighted by Crippen LogP contribution is -2.32. The lowest BCUT2D eigenvalue weighted by atomic mass is 9.98. The fourth-order valence-electron chi connectivity index (χ4n) is 2.46. The molecule has 0 aromatic rings. The van der Waals surface area contributed by atoms with Crippen LogP contribution in [-0.4, -0.2) is 35.2 Å². The minimum absolute atomic E-state index is 0.236. The molecule has 1 aliphatic heterocycles. The van der Waals surface area contributed by atoms with Crippen molar-refractivity contribution in [2.24, 2.45) is 17.6 Å². The van der Waals surface area contributed by atoms with Crippen LogP contribution in [0.3, 0.4) is 0 Å². The summed E-state index contributed by atoms with van der Waals surface area (Å²) in [5.74, 6) is 0.970. The number of rotatable bonds is 0. The van der Waals surface area contributed by atoms with Gasteiger partial charge in [-0.2, -0.15) is 0 Å². The molecule has 0 bridgehead atoms. The number of hydrogen-bond acceptors (Lipinski definition) is 2. The number of fused-ring (bicyclic) bond motifs is 1. The van der Waals surface area contributed by atoms with Crippen molar-refractivity contribution in [3.05, 3.63) is 0 Å². The van der Waals surface area contributed by atoms with Crippen LogP contribution >= 0.6 is 0 Å². The third kappa shape index (κ3) is 1.06. The number of nitrogens with two attached hydrogens (primary N) is 1. The largest absolute Gasteiger partial charge is 0.465 e. The van der Waals surface area contributed by atoms with Gasteiger partial charge in [-0.15, -0.1) is 0 Å². The molecule has 1 saturated heterocycles. The van der Waals surface area contributed by atoms with E-state index in [2.05, 4.69) is 0 Å². The molecule has 3 N–H and O–H groups in total. The van der Waals surface area contributed by atoms with E-state index in [4.69, 9.17) is 10.8 Å². The number of amides is 1. The highest BCUT2D eigenvalue weighted by atomic mass is 16.4. The Morgan fingerprint density at radius 3 is 2.75 bits per heavy atom. The van der Waals surface area contributed by atoms with Crippen LogP contribution in [0, 0.1) is 11.8 Å². The zero-order valence-corrected chi connectivity index (χ0v) is 6.94. The molecule has 0 spiro atoms. The van der Waals surface area contributed by atoms with Gasteiger partial charge < -0.3 is 15.7 Å². The summed E-state index contributed by atoms with van der Waals surface area (Å²) in [4.78, 5) is 12.1. The monoisotopic (exact) mass is 170 g/mol. The molecule has 12 heavy (non-hydrogen) atoms. The van der Waals surface area contributed by atoms with E-state index in [9.17, 15) is 4.79 Å². The van der Waals surface area contributed by atoms with Gasteiger partial charge in [0.05, 0.1) is 0 Å². The van der Waals surface area contributed by atoms with Gasteiger partial charge in [0, 0.05) is 19.1 Å². The van der Waals surface area contributed by atoms with Gasteiger partial charge in [0.15, 0.2) is 0 Å². The number of carboxylic acid groups (broad SMARTS) is 1. The summed E-state index contributed by atoms with van der Waals surface area (Å²) in [5.41, 5.74) is 5.86. The van der Waals surface area contributed by atoms with Crippen molar-refractivity contribution in [3.8, 4) is 0 Å². The molecule has 1 saturated carbocycles. The molecule has 2 rings (SSSR count). The topological polar surface area (TPSA) is 66.6 Å². The van der Waals surface area contributed by atoms with Gasteiger partial charge in [-0.3, -0.25) is 0 Å². The highest BCUT2D eigenvalue weighted by molar-refractivity contribution is 5.65. The normalized spacial score (nSPS) is 40.1. The maximum Gasteiger partial charge on any atom is 0.407 e. The first-order valence-electron chi connectivity index (χ1n) is 4.42. The maximum absolute atomic E-state index is 10.6. The number of likely N-dealkylation sites (tertiary alicyclic amines) is 1. The zero-order chi connectivity index (χ0) is 8.72.